The average molecular weight is 257 g/mol. The highest BCUT2D eigenvalue weighted by Gasteiger charge is 2.31. The summed E-state index contributed by atoms with van der Waals surface area (Å²) in [4.78, 5) is 26.8. The highest BCUT2D eigenvalue weighted by Crippen LogP contribution is 2.30. The van der Waals surface area contributed by atoms with Crippen LogP contribution in [0.5, 0.6) is 0 Å². The monoisotopic (exact) mass is 257 g/mol. The zero-order chi connectivity index (χ0) is 13.4. The molecule has 4 nitrogen and oxygen atoms in total. The van der Waals surface area contributed by atoms with E-state index >= 15 is 0 Å². The molecule has 0 atom stereocenters. The molecule has 0 bridgehead atoms. The Morgan fingerprint density at radius 2 is 2.05 bits per heavy atom. The molecule has 19 heavy (non-hydrogen) atoms. The van der Waals surface area contributed by atoms with Gasteiger partial charge in [-0.25, -0.2) is 0 Å². The van der Waals surface area contributed by atoms with Crippen molar-refractivity contribution in [2.24, 2.45) is 5.92 Å². The van der Waals surface area contributed by atoms with Crippen LogP contribution in [0.2, 0.25) is 0 Å². The molecule has 0 saturated heterocycles. The first-order chi connectivity index (χ1) is 9.16. The lowest BCUT2D eigenvalue weighted by molar-refractivity contribution is -0.144. The Morgan fingerprint density at radius 3 is 2.79 bits per heavy atom. The number of aromatic nitrogens is 1. The van der Waals surface area contributed by atoms with Crippen molar-refractivity contribution in [1.29, 1.82) is 0 Å². The molecule has 0 unspecified atom stereocenters. The molecule has 1 heterocycles. The third-order valence-electron chi connectivity index (χ3n) is 3.43. The van der Waals surface area contributed by atoms with Gasteiger partial charge >= 0.3 is 5.97 Å². The van der Waals surface area contributed by atoms with E-state index in [2.05, 4.69) is 4.98 Å². The van der Waals surface area contributed by atoms with Crippen molar-refractivity contribution < 1.29 is 14.3 Å². The normalized spacial score (nSPS) is 14.6. The van der Waals surface area contributed by atoms with Crippen LogP contribution in [0.1, 0.15) is 28.9 Å². The fourth-order valence-electron chi connectivity index (χ4n) is 2.28. The first-order valence-corrected chi connectivity index (χ1v) is 6.44. The Balaban J connectivity index is 1.80. The lowest BCUT2D eigenvalue weighted by Crippen LogP contribution is -2.15. The van der Waals surface area contributed by atoms with Crippen LogP contribution in [0, 0.1) is 12.8 Å². The molecular weight excluding hydrogens is 242 g/mol. The molecule has 3 rings (SSSR count). The van der Waals surface area contributed by atoms with E-state index in [0.29, 0.717) is 5.56 Å². The number of carbonyl (C=O) groups excluding carboxylic acids is 2. The molecule has 1 N–H and O–H groups in total. The van der Waals surface area contributed by atoms with Gasteiger partial charge in [-0.2, -0.15) is 0 Å². The predicted octanol–water partition coefficient (Wildman–Crippen LogP) is 2.61. The summed E-state index contributed by atoms with van der Waals surface area (Å²) in [6, 6.07) is 7.63. The predicted molar refractivity (Wildman–Crippen MR) is 71.0 cm³/mol. The number of carbonyl (C=O) groups is 2. The van der Waals surface area contributed by atoms with Crippen molar-refractivity contribution in [1.82, 2.24) is 4.98 Å². The standard InChI is InChI=1S/C15H15NO3/c1-9-14(11-4-2-3-5-12(11)16-9)13(17)8-19-15(18)10-6-7-10/h2-5,10,16H,6-8H2,1H3. The molecule has 1 fully saturated rings. The molecule has 98 valence electrons. The van der Waals surface area contributed by atoms with Crippen LogP contribution in [0.4, 0.5) is 0 Å². The van der Waals surface area contributed by atoms with Crippen LogP contribution < -0.4 is 0 Å². The van der Waals surface area contributed by atoms with E-state index < -0.39 is 0 Å². The number of nitrogens with one attached hydrogen (secondary N) is 1. The van der Waals surface area contributed by atoms with Gasteiger partial charge in [-0.05, 0) is 25.8 Å². The summed E-state index contributed by atoms with van der Waals surface area (Å²) in [5, 5.41) is 0.882. The van der Waals surface area contributed by atoms with Gasteiger partial charge in [-0.3, -0.25) is 9.59 Å². The molecule has 0 spiro atoms. The fraction of sp³-hybridized carbons (Fsp3) is 0.333. The third kappa shape index (κ3) is 2.26. The summed E-state index contributed by atoms with van der Waals surface area (Å²) < 4.78 is 5.05. The van der Waals surface area contributed by atoms with Gasteiger partial charge in [0, 0.05) is 22.2 Å². The van der Waals surface area contributed by atoms with E-state index in [4.69, 9.17) is 4.74 Å². The summed E-state index contributed by atoms with van der Waals surface area (Å²) in [7, 11) is 0. The van der Waals surface area contributed by atoms with Crippen molar-refractivity contribution in [3.63, 3.8) is 0 Å². The lowest BCUT2D eigenvalue weighted by Gasteiger charge is -2.03. The summed E-state index contributed by atoms with van der Waals surface area (Å²) in [5.41, 5.74) is 2.37. The maximum Gasteiger partial charge on any atom is 0.309 e. The summed E-state index contributed by atoms with van der Waals surface area (Å²) >= 11 is 0. The van der Waals surface area contributed by atoms with E-state index in [9.17, 15) is 9.59 Å². The third-order valence-corrected chi connectivity index (χ3v) is 3.43. The van der Waals surface area contributed by atoms with E-state index in [-0.39, 0.29) is 24.3 Å². The number of fused-ring (bicyclic) bond motifs is 1. The lowest BCUT2D eigenvalue weighted by atomic mass is 10.1. The number of para-hydroxylation sites is 1. The number of benzene rings is 1. The number of hydrogen-bond donors (Lipinski definition) is 1. The molecule has 2 aromatic rings. The van der Waals surface area contributed by atoms with Crippen molar-refractivity contribution in [2.75, 3.05) is 6.61 Å². The number of esters is 1. The maximum atomic E-state index is 12.2. The largest absolute Gasteiger partial charge is 0.457 e. The number of hydrogen-bond acceptors (Lipinski definition) is 3. The number of H-pyrrole nitrogens is 1. The zero-order valence-corrected chi connectivity index (χ0v) is 10.7. The molecular formula is C15H15NO3. The zero-order valence-electron chi connectivity index (χ0n) is 10.7. The van der Waals surface area contributed by atoms with Crippen LogP contribution in [-0.4, -0.2) is 23.3 Å². The number of ketones is 1. The maximum absolute atomic E-state index is 12.2. The van der Waals surface area contributed by atoms with Gasteiger partial charge in [0.15, 0.2) is 6.61 Å². The van der Waals surface area contributed by atoms with Crippen LogP contribution in [0.15, 0.2) is 24.3 Å². The van der Waals surface area contributed by atoms with Crippen LogP contribution >= 0.6 is 0 Å². The van der Waals surface area contributed by atoms with Crippen LogP contribution in [-0.2, 0) is 9.53 Å². The van der Waals surface area contributed by atoms with Gasteiger partial charge in [0.2, 0.25) is 5.78 Å². The Kier molecular flexibility index (Phi) is 2.85. The number of rotatable bonds is 4. The molecule has 1 aromatic carbocycles. The van der Waals surface area contributed by atoms with E-state index in [1.54, 1.807) is 0 Å². The molecule has 4 heteroatoms. The summed E-state index contributed by atoms with van der Waals surface area (Å²) in [5.74, 6) is -0.369. The molecule has 1 saturated carbocycles. The Labute approximate surface area is 110 Å². The van der Waals surface area contributed by atoms with Crippen LogP contribution in [0.3, 0.4) is 0 Å². The van der Waals surface area contributed by atoms with Crippen molar-refractivity contribution in [2.45, 2.75) is 19.8 Å². The smallest absolute Gasteiger partial charge is 0.309 e. The molecule has 0 amide bonds. The minimum Gasteiger partial charge on any atom is -0.457 e. The second kappa shape index (κ2) is 4.53. The first-order valence-electron chi connectivity index (χ1n) is 6.44. The van der Waals surface area contributed by atoms with Crippen molar-refractivity contribution in [3.05, 3.63) is 35.5 Å². The molecule has 1 aromatic heterocycles. The van der Waals surface area contributed by atoms with Crippen molar-refractivity contribution >= 4 is 22.7 Å². The van der Waals surface area contributed by atoms with Gasteiger partial charge in [0.1, 0.15) is 0 Å². The number of aryl methyl sites for hydroxylation is 1. The molecule has 0 aliphatic heterocycles. The molecule has 1 aliphatic carbocycles. The molecule has 1 aliphatic rings. The highest BCUT2D eigenvalue weighted by atomic mass is 16.5. The summed E-state index contributed by atoms with van der Waals surface area (Å²) in [6.07, 6.45) is 1.78. The second-order valence-electron chi connectivity index (χ2n) is 4.98. The first kappa shape index (κ1) is 12.0. The minimum atomic E-state index is -0.245. The fourth-order valence-corrected chi connectivity index (χ4v) is 2.28. The number of ether oxygens (including phenoxy) is 1. The van der Waals surface area contributed by atoms with Gasteiger partial charge in [-0.1, -0.05) is 18.2 Å². The second-order valence-corrected chi connectivity index (χ2v) is 4.98. The number of Topliss-reactive ketones (excluding diaryl/α,β-unsaturated/α-hetero) is 1. The van der Waals surface area contributed by atoms with E-state index in [1.807, 2.05) is 31.2 Å². The summed E-state index contributed by atoms with van der Waals surface area (Å²) in [6.45, 7) is 1.69. The Hall–Kier alpha value is -2.10. The van der Waals surface area contributed by atoms with Crippen molar-refractivity contribution in [3.8, 4) is 0 Å². The molecule has 0 radical (unpaired) electrons. The van der Waals surface area contributed by atoms with E-state index in [1.165, 1.54) is 0 Å². The minimum absolute atomic E-state index is 0.0249. The quantitative estimate of drug-likeness (QED) is 0.676. The highest BCUT2D eigenvalue weighted by molar-refractivity contribution is 6.10. The van der Waals surface area contributed by atoms with Gasteiger partial charge in [0.25, 0.3) is 0 Å². The topological polar surface area (TPSA) is 59.2 Å². The van der Waals surface area contributed by atoms with Gasteiger partial charge < -0.3 is 9.72 Å². The Bertz CT molecular complexity index is 652. The average Bonchev–Trinajstić information content (AvgIpc) is 3.18. The number of aromatic amines is 1. The van der Waals surface area contributed by atoms with Crippen LogP contribution in [0.25, 0.3) is 10.9 Å². The Morgan fingerprint density at radius 1 is 1.32 bits per heavy atom. The van der Waals surface area contributed by atoms with Gasteiger partial charge in [-0.15, -0.1) is 0 Å². The van der Waals surface area contributed by atoms with E-state index in [0.717, 1.165) is 29.4 Å². The van der Waals surface area contributed by atoms with Gasteiger partial charge in [0.05, 0.1) is 5.92 Å². The SMILES string of the molecule is Cc1[nH]c2ccccc2c1C(=O)COC(=O)C1CC1.